The van der Waals surface area contributed by atoms with Crippen molar-refractivity contribution >= 4 is 10.9 Å². The van der Waals surface area contributed by atoms with Gasteiger partial charge < -0.3 is 10.1 Å². The average molecular weight is 272 g/mol. The molecule has 0 fully saturated rings. The number of aromatic nitrogens is 1. The summed E-state index contributed by atoms with van der Waals surface area (Å²) in [7, 11) is 0. The number of para-hydroxylation sites is 1. The summed E-state index contributed by atoms with van der Waals surface area (Å²) < 4.78 is 6.01. The lowest BCUT2D eigenvalue weighted by molar-refractivity contribution is 0.232. The summed E-state index contributed by atoms with van der Waals surface area (Å²) in [5.74, 6) is 1.41. The normalized spacial score (nSPS) is 12.8. The van der Waals surface area contributed by atoms with Gasteiger partial charge in [0.25, 0.3) is 0 Å². The van der Waals surface area contributed by atoms with Crippen molar-refractivity contribution in [3.8, 4) is 5.75 Å². The van der Waals surface area contributed by atoms with Gasteiger partial charge in [0, 0.05) is 17.6 Å². The highest BCUT2D eigenvalue weighted by atomic mass is 16.5. The molecule has 0 aliphatic carbocycles. The summed E-state index contributed by atoms with van der Waals surface area (Å²) in [6, 6.07) is 10.4. The summed E-state index contributed by atoms with van der Waals surface area (Å²) in [5, 5.41) is 4.66. The third-order valence-corrected chi connectivity index (χ3v) is 3.48. The quantitative estimate of drug-likeness (QED) is 0.835. The summed E-state index contributed by atoms with van der Waals surface area (Å²) in [6.07, 6.45) is 2.95. The number of benzene rings is 1. The van der Waals surface area contributed by atoms with E-state index < -0.39 is 0 Å². The van der Waals surface area contributed by atoms with E-state index in [-0.39, 0.29) is 0 Å². The van der Waals surface area contributed by atoms with E-state index in [9.17, 15) is 0 Å². The second kappa shape index (κ2) is 7.25. The van der Waals surface area contributed by atoms with E-state index in [4.69, 9.17) is 4.74 Å². The maximum absolute atomic E-state index is 6.01. The number of pyridine rings is 1. The van der Waals surface area contributed by atoms with Crippen molar-refractivity contribution in [3.63, 3.8) is 0 Å². The van der Waals surface area contributed by atoms with Crippen LogP contribution in [0.4, 0.5) is 0 Å². The Morgan fingerprint density at radius 3 is 2.75 bits per heavy atom. The van der Waals surface area contributed by atoms with Gasteiger partial charge in [-0.1, -0.05) is 39.0 Å². The number of ether oxygens (including phenoxy) is 1. The van der Waals surface area contributed by atoms with Gasteiger partial charge in [-0.2, -0.15) is 0 Å². The van der Waals surface area contributed by atoms with Gasteiger partial charge in [-0.15, -0.1) is 0 Å². The lowest BCUT2D eigenvalue weighted by Crippen LogP contribution is -2.39. The van der Waals surface area contributed by atoms with Gasteiger partial charge in [-0.05, 0) is 31.0 Å². The fraction of sp³-hybridized carbons (Fsp3) is 0.471. The molecule has 3 heteroatoms. The van der Waals surface area contributed by atoms with Crippen LogP contribution in [0.25, 0.3) is 10.9 Å². The molecule has 0 radical (unpaired) electrons. The Labute approximate surface area is 121 Å². The lowest BCUT2D eigenvalue weighted by Gasteiger charge is -2.22. The Kier molecular flexibility index (Phi) is 5.36. The molecule has 2 aromatic rings. The third-order valence-electron chi connectivity index (χ3n) is 3.48. The minimum Gasteiger partial charge on any atom is -0.490 e. The topological polar surface area (TPSA) is 34.1 Å². The first kappa shape index (κ1) is 14.8. The zero-order chi connectivity index (χ0) is 14.4. The summed E-state index contributed by atoms with van der Waals surface area (Å²) in [5.41, 5.74) is 0.938. The molecule has 20 heavy (non-hydrogen) atoms. The van der Waals surface area contributed by atoms with Gasteiger partial charge >= 0.3 is 0 Å². The molecule has 1 aromatic carbocycles. The van der Waals surface area contributed by atoms with Gasteiger partial charge in [-0.3, -0.25) is 4.98 Å². The Bertz CT molecular complexity index is 534. The summed E-state index contributed by atoms with van der Waals surface area (Å²) in [4.78, 5) is 4.42. The standard InChI is InChI=1S/C17H24N2O/c1-4-10-18-15(13(2)3)12-20-16-9-5-7-14-8-6-11-19-17(14)16/h5-9,11,13,15,18H,4,10,12H2,1-3H3. The maximum atomic E-state index is 6.01. The number of hydrogen-bond acceptors (Lipinski definition) is 3. The number of nitrogens with zero attached hydrogens (tertiary/aromatic N) is 1. The first-order valence-electron chi connectivity index (χ1n) is 7.42. The van der Waals surface area contributed by atoms with Gasteiger partial charge in [0.1, 0.15) is 17.9 Å². The molecule has 0 saturated heterocycles. The fourth-order valence-corrected chi connectivity index (χ4v) is 2.19. The molecule has 3 nitrogen and oxygen atoms in total. The zero-order valence-corrected chi connectivity index (χ0v) is 12.6. The van der Waals surface area contributed by atoms with Crippen LogP contribution >= 0.6 is 0 Å². The van der Waals surface area contributed by atoms with E-state index in [2.05, 4.69) is 43.2 Å². The molecule has 0 spiro atoms. The van der Waals surface area contributed by atoms with Crippen molar-refractivity contribution in [2.45, 2.75) is 33.2 Å². The SMILES string of the molecule is CCCNC(COc1cccc2cccnc12)C(C)C. The van der Waals surface area contributed by atoms with Crippen LogP contribution < -0.4 is 10.1 Å². The van der Waals surface area contributed by atoms with Gasteiger partial charge in [0.2, 0.25) is 0 Å². The van der Waals surface area contributed by atoms with Crippen molar-refractivity contribution in [3.05, 3.63) is 36.5 Å². The summed E-state index contributed by atoms with van der Waals surface area (Å²) in [6.45, 7) is 8.32. The number of fused-ring (bicyclic) bond motifs is 1. The summed E-state index contributed by atoms with van der Waals surface area (Å²) >= 11 is 0. The first-order chi connectivity index (χ1) is 9.72. The molecular weight excluding hydrogens is 248 g/mol. The predicted molar refractivity (Wildman–Crippen MR) is 84.2 cm³/mol. The Hall–Kier alpha value is -1.61. The van der Waals surface area contributed by atoms with E-state index in [1.165, 1.54) is 0 Å². The second-order valence-electron chi connectivity index (χ2n) is 5.45. The van der Waals surface area contributed by atoms with Crippen LogP contribution in [0.1, 0.15) is 27.2 Å². The molecule has 1 N–H and O–H groups in total. The van der Waals surface area contributed by atoms with Crippen LogP contribution in [0.5, 0.6) is 5.75 Å². The molecule has 0 aliphatic heterocycles. The highest BCUT2D eigenvalue weighted by Crippen LogP contribution is 2.23. The van der Waals surface area contributed by atoms with Gasteiger partial charge in [-0.25, -0.2) is 0 Å². The Balaban J connectivity index is 2.07. The largest absolute Gasteiger partial charge is 0.490 e. The molecule has 1 aromatic heterocycles. The number of nitrogens with one attached hydrogen (secondary N) is 1. The molecule has 108 valence electrons. The molecular formula is C17H24N2O. The van der Waals surface area contributed by atoms with E-state index in [0.29, 0.717) is 18.6 Å². The van der Waals surface area contributed by atoms with Crippen molar-refractivity contribution in [2.75, 3.05) is 13.2 Å². The lowest BCUT2D eigenvalue weighted by atomic mass is 10.1. The van der Waals surface area contributed by atoms with Crippen LogP contribution in [-0.2, 0) is 0 Å². The minimum atomic E-state index is 0.369. The highest BCUT2D eigenvalue weighted by Gasteiger charge is 2.14. The Morgan fingerprint density at radius 1 is 1.20 bits per heavy atom. The molecule has 0 saturated carbocycles. The van der Waals surface area contributed by atoms with Crippen LogP contribution in [0.2, 0.25) is 0 Å². The highest BCUT2D eigenvalue weighted by molar-refractivity contribution is 5.84. The fourth-order valence-electron chi connectivity index (χ4n) is 2.19. The molecule has 1 atom stereocenters. The van der Waals surface area contributed by atoms with Crippen molar-refractivity contribution < 1.29 is 4.74 Å². The molecule has 0 amide bonds. The molecule has 0 bridgehead atoms. The molecule has 2 rings (SSSR count). The van der Waals surface area contributed by atoms with E-state index in [1.54, 1.807) is 0 Å². The van der Waals surface area contributed by atoms with Crippen molar-refractivity contribution in [2.24, 2.45) is 5.92 Å². The first-order valence-corrected chi connectivity index (χ1v) is 7.42. The van der Waals surface area contributed by atoms with Crippen LogP contribution in [-0.4, -0.2) is 24.2 Å². The van der Waals surface area contributed by atoms with E-state index >= 15 is 0 Å². The van der Waals surface area contributed by atoms with Crippen molar-refractivity contribution in [1.82, 2.24) is 10.3 Å². The van der Waals surface area contributed by atoms with Crippen LogP contribution in [0.15, 0.2) is 36.5 Å². The monoisotopic (exact) mass is 272 g/mol. The van der Waals surface area contributed by atoms with E-state index in [0.717, 1.165) is 29.6 Å². The zero-order valence-electron chi connectivity index (χ0n) is 12.6. The molecule has 1 heterocycles. The third kappa shape index (κ3) is 3.70. The number of hydrogen-bond donors (Lipinski definition) is 1. The van der Waals surface area contributed by atoms with Crippen LogP contribution in [0, 0.1) is 5.92 Å². The average Bonchev–Trinajstić information content (AvgIpc) is 2.47. The van der Waals surface area contributed by atoms with Crippen molar-refractivity contribution in [1.29, 1.82) is 0 Å². The number of rotatable bonds is 7. The van der Waals surface area contributed by atoms with Gasteiger partial charge in [0.05, 0.1) is 0 Å². The van der Waals surface area contributed by atoms with Crippen LogP contribution in [0.3, 0.4) is 0 Å². The smallest absolute Gasteiger partial charge is 0.145 e. The molecule has 0 aliphatic rings. The Morgan fingerprint density at radius 2 is 2.00 bits per heavy atom. The van der Waals surface area contributed by atoms with Gasteiger partial charge in [0.15, 0.2) is 0 Å². The van der Waals surface area contributed by atoms with E-state index in [1.807, 2.05) is 24.4 Å². The minimum absolute atomic E-state index is 0.369. The maximum Gasteiger partial charge on any atom is 0.145 e. The molecule has 1 unspecified atom stereocenters. The second-order valence-corrected chi connectivity index (χ2v) is 5.45. The predicted octanol–water partition coefficient (Wildman–Crippen LogP) is 3.64.